The molecule has 0 fully saturated rings. The second-order valence-corrected chi connectivity index (χ2v) is 7.04. The van der Waals surface area contributed by atoms with Crippen LogP contribution >= 0.6 is 0 Å². The number of nitrogens with zero attached hydrogens (tertiary/aromatic N) is 2. The Hall–Kier alpha value is -4.39. The highest BCUT2D eigenvalue weighted by Crippen LogP contribution is 2.22. The van der Waals surface area contributed by atoms with Gasteiger partial charge in [0, 0.05) is 0 Å². The highest BCUT2D eigenvalue weighted by Gasteiger charge is 2.21. The fourth-order valence-electron chi connectivity index (χ4n) is 3.28. The predicted octanol–water partition coefficient (Wildman–Crippen LogP) is 3.64. The molecule has 0 radical (unpaired) electrons. The summed E-state index contributed by atoms with van der Waals surface area (Å²) in [6.45, 7) is -0.507. The van der Waals surface area contributed by atoms with Gasteiger partial charge in [0.2, 0.25) is 5.69 Å². The quantitative estimate of drug-likeness (QED) is 0.439. The molecule has 0 unspecified atom stereocenters. The van der Waals surface area contributed by atoms with E-state index in [0.29, 0.717) is 5.69 Å². The number of nitrogens with one attached hydrogen (secondary N) is 1. The van der Waals surface area contributed by atoms with Gasteiger partial charge in [0.05, 0.1) is 17.9 Å². The number of carbonyl (C=O) groups is 2. The first kappa shape index (κ1) is 20.9. The molecular weight excluding hydrogens is 406 g/mol. The molecule has 32 heavy (non-hydrogen) atoms. The van der Waals surface area contributed by atoms with Gasteiger partial charge in [-0.2, -0.15) is 5.10 Å². The van der Waals surface area contributed by atoms with Gasteiger partial charge >= 0.3 is 5.97 Å². The molecule has 0 aliphatic rings. The van der Waals surface area contributed by atoms with Crippen molar-refractivity contribution in [1.29, 1.82) is 0 Å². The summed E-state index contributed by atoms with van der Waals surface area (Å²) in [5, 5.41) is 17.1. The van der Waals surface area contributed by atoms with E-state index in [-0.39, 0.29) is 11.4 Å². The number of rotatable bonds is 7. The molecule has 0 saturated carbocycles. The Morgan fingerprint density at radius 2 is 1.41 bits per heavy atom. The molecule has 4 aromatic rings. The van der Waals surface area contributed by atoms with Crippen LogP contribution < -0.4 is 5.32 Å². The van der Waals surface area contributed by atoms with Crippen LogP contribution in [-0.4, -0.2) is 33.4 Å². The second kappa shape index (κ2) is 9.61. The normalized spacial score (nSPS) is 10.7. The number of amides is 1. The van der Waals surface area contributed by atoms with Gasteiger partial charge in [-0.15, -0.1) is 0 Å². The number of hydrogen-bond acceptors (Lipinski definition) is 5. The largest absolute Gasteiger partial charge is 0.504 e. The van der Waals surface area contributed by atoms with Gasteiger partial charge in [-0.3, -0.25) is 4.79 Å². The van der Waals surface area contributed by atoms with E-state index in [9.17, 15) is 14.7 Å². The van der Waals surface area contributed by atoms with E-state index in [4.69, 9.17) is 4.74 Å². The summed E-state index contributed by atoms with van der Waals surface area (Å²) in [5.41, 5.74) is 2.22. The minimum absolute atomic E-state index is 0.260. The number of carbonyl (C=O) groups excluding carboxylic acids is 2. The molecule has 7 nitrogen and oxygen atoms in total. The zero-order valence-corrected chi connectivity index (χ0v) is 17.1. The highest BCUT2D eigenvalue weighted by molar-refractivity contribution is 5.92. The Balaban J connectivity index is 1.43. The molecule has 0 bridgehead atoms. The first-order valence-electron chi connectivity index (χ1n) is 10.0. The Kier molecular flexibility index (Phi) is 6.27. The molecule has 0 aliphatic carbocycles. The van der Waals surface area contributed by atoms with Crippen LogP contribution in [0.2, 0.25) is 0 Å². The van der Waals surface area contributed by atoms with E-state index in [0.717, 1.165) is 11.1 Å². The standard InChI is InChI=1S/C25H21N3O4/c29-21-16-28(20-14-8-3-9-15-20)27-24(21)25(31)32-17-22(30)26-23(18-10-4-1-5-11-18)19-12-6-2-7-13-19/h1-16,23,29H,17H2,(H,26,30). The minimum atomic E-state index is -0.886. The Bertz CT molecular complexity index is 1150. The first-order valence-corrected chi connectivity index (χ1v) is 10.0. The average molecular weight is 427 g/mol. The van der Waals surface area contributed by atoms with Crippen molar-refractivity contribution in [3.05, 3.63) is 114 Å². The van der Waals surface area contributed by atoms with Crippen LogP contribution in [0.1, 0.15) is 27.7 Å². The third-order valence-corrected chi connectivity index (χ3v) is 4.81. The van der Waals surface area contributed by atoms with Crippen LogP contribution in [0.15, 0.2) is 97.2 Å². The summed E-state index contributed by atoms with van der Waals surface area (Å²) >= 11 is 0. The molecule has 0 spiro atoms. The average Bonchev–Trinajstić information content (AvgIpc) is 3.24. The number of ether oxygens (including phenoxy) is 1. The van der Waals surface area contributed by atoms with Gasteiger partial charge in [0.15, 0.2) is 12.4 Å². The van der Waals surface area contributed by atoms with E-state index in [1.165, 1.54) is 10.9 Å². The lowest BCUT2D eigenvalue weighted by Crippen LogP contribution is -2.33. The molecule has 1 heterocycles. The monoisotopic (exact) mass is 427 g/mol. The van der Waals surface area contributed by atoms with E-state index >= 15 is 0 Å². The van der Waals surface area contributed by atoms with Crippen molar-refractivity contribution in [3.63, 3.8) is 0 Å². The number of esters is 1. The SMILES string of the molecule is O=C(COC(=O)c1nn(-c2ccccc2)cc1O)NC(c1ccccc1)c1ccccc1. The molecule has 2 N–H and O–H groups in total. The molecule has 160 valence electrons. The third-order valence-electron chi connectivity index (χ3n) is 4.81. The molecule has 7 heteroatoms. The van der Waals surface area contributed by atoms with Crippen LogP contribution in [0, 0.1) is 0 Å². The zero-order chi connectivity index (χ0) is 22.3. The Labute approximate surface area is 184 Å². The summed E-state index contributed by atoms with van der Waals surface area (Å²) in [4.78, 5) is 25.0. The van der Waals surface area contributed by atoms with Crippen LogP contribution in [0.5, 0.6) is 5.75 Å². The zero-order valence-electron chi connectivity index (χ0n) is 17.1. The number of aromatic nitrogens is 2. The topological polar surface area (TPSA) is 93.5 Å². The molecule has 4 rings (SSSR count). The van der Waals surface area contributed by atoms with Crippen LogP contribution in [-0.2, 0) is 9.53 Å². The van der Waals surface area contributed by atoms with E-state index in [2.05, 4.69) is 10.4 Å². The van der Waals surface area contributed by atoms with Crippen LogP contribution in [0.25, 0.3) is 5.69 Å². The predicted molar refractivity (Wildman–Crippen MR) is 118 cm³/mol. The maximum atomic E-state index is 12.6. The number of para-hydroxylation sites is 1. The van der Waals surface area contributed by atoms with Crippen molar-refractivity contribution in [2.75, 3.05) is 6.61 Å². The summed E-state index contributed by atoms with van der Waals surface area (Å²) in [6, 6.07) is 27.7. The maximum Gasteiger partial charge on any atom is 0.363 e. The Morgan fingerprint density at radius 1 is 0.875 bits per heavy atom. The fraction of sp³-hybridized carbons (Fsp3) is 0.0800. The smallest absolute Gasteiger partial charge is 0.363 e. The molecule has 0 aliphatic heterocycles. The second-order valence-electron chi connectivity index (χ2n) is 7.04. The lowest BCUT2D eigenvalue weighted by Gasteiger charge is -2.19. The molecule has 1 amide bonds. The Morgan fingerprint density at radius 3 is 1.97 bits per heavy atom. The number of benzene rings is 3. The van der Waals surface area contributed by atoms with Crippen molar-refractivity contribution < 1.29 is 19.4 Å². The van der Waals surface area contributed by atoms with Crippen molar-refractivity contribution in [2.45, 2.75) is 6.04 Å². The summed E-state index contributed by atoms with van der Waals surface area (Å²) in [7, 11) is 0. The fourth-order valence-corrected chi connectivity index (χ4v) is 3.28. The van der Waals surface area contributed by atoms with E-state index < -0.39 is 24.5 Å². The van der Waals surface area contributed by atoms with Gasteiger partial charge in [-0.05, 0) is 23.3 Å². The summed E-state index contributed by atoms with van der Waals surface area (Å²) in [6.07, 6.45) is 1.31. The third kappa shape index (κ3) is 4.84. The molecule has 0 saturated heterocycles. The lowest BCUT2D eigenvalue weighted by atomic mass is 9.99. The maximum absolute atomic E-state index is 12.6. The van der Waals surface area contributed by atoms with Crippen LogP contribution in [0.4, 0.5) is 0 Å². The molecule has 3 aromatic carbocycles. The highest BCUT2D eigenvalue weighted by atomic mass is 16.5. The molecular formula is C25H21N3O4. The van der Waals surface area contributed by atoms with Gasteiger partial charge in [0.25, 0.3) is 5.91 Å². The van der Waals surface area contributed by atoms with Gasteiger partial charge in [-0.1, -0.05) is 78.9 Å². The van der Waals surface area contributed by atoms with E-state index in [1.54, 1.807) is 12.1 Å². The van der Waals surface area contributed by atoms with Gasteiger partial charge in [-0.25, -0.2) is 9.48 Å². The minimum Gasteiger partial charge on any atom is -0.504 e. The summed E-state index contributed by atoms with van der Waals surface area (Å²) < 4.78 is 6.47. The van der Waals surface area contributed by atoms with Crippen molar-refractivity contribution in [3.8, 4) is 11.4 Å². The van der Waals surface area contributed by atoms with Crippen LogP contribution in [0.3, 0.4) is 0 Å². The lowest BCUT2D eigenvalue weighted by molar-refractivity contribution is -0.124. The van der Waals surface area contributed by atoms with E-state index in [1.807, 2.05) is 78.9 Å². The molecule has 1 aromatic heterocycles. The first-order chi connectivity index (χ1) is 15.6. The number of hydrogen-bond donors (Lipinski definition) is 2. The van der Waals surface area contributed by atoms with Crippen molar-refractivity contribution in [2.24, 2.45) is 0 Å². The summed E-state index contributed by atoms with van der Waals surface area (Å²) in [5.74, 6) is -1.69. The number of aromatic hydroxyl groups is 1. The van der Waals surface area contributed by atoms with Crippen molar-refractivity contribution >= 4 is 11.9 Å². The van der Waals surface area contributed by atoms with Gasteiger partial charge < -0.3 is 15.2 Å². The van der Waals surface area contributed by atoms with Crippen molar-refractivity contribution in [1.82, 2.24) is 15.1 Å². The van der Waals surface area contributed by atoms with Gasteiger partial charge in [0.1, 0.15) is 0 Å². The molecule has 0 atom stereocenters.